The van der Waals surface area contributed by atoms with Crippen molar-refractivity contribution in [1.29, 1.82) is 0 Å². The Morgan fingerprint density at radius 2 is 1.94 bits per heavy atom. The van der Waals surface area contributed by atoms with Crippen molar-refractivity contribution in [2.24, 2.45) is 0 Å². The Kier molecular flexibility index (Phi) is 5.26. The molecule has 0 radical (unpaired) electrons. The lowest BCUT2D eigenvalue weighted by molar-refractivity contribution is 0.0950. The molecule has 32 heavy (non-hydrogen) atoms. The maximum atomic E-state index is 12.5. The summed E-state index contributed by atoms with van der Waals surface area (Å²) in [6, 6.07) is 11.7. The summed E-state index contributed by atoms with van der Waals surface area (Å²) in [5, 5.41) is 8.56. The van der Waals surface area contributed by atoms with Crippen LogP contribution in [0.25, 0.3) is 22.4 Å². The van der Waals surface area contributed by atoms with E-state index in [0.29, 0.717) is 35.4 Å². The molecule has 0 spiro atoms. The maximum Gasteiger partial charge on any atom is 0.251 e. The number of hydrogen-bond donors (Lipinski definition) is 2. The Bertz CT molecular complexity index is 1270. The fraction of sp³-hybridized carbons (Fsp3) is 0.292. The smallest absolute Gasteiger partial charge is 0.251 e. The van der Waals surface area contributed by atoms with Gasteiger partial charge in [-0.1, -0.05) is 37.1 Å². The number of nitrogen functional groups attached to an aromatic ring is 1. The van der Waals surface area contributed by atoms with Gasteiger partial charge in [-0.05, 0) is 43.0 Å². The molecule has 8 nitrogen and oxygen atoms in total. The van der Waals surface area contributed by atoms with Crippen LogP contribution in [0.1, 0.15) is 53.2 Å². The van der Waals surface area contributed by atoms with Crippen molar-refractivity contribution in [3.05, 3.63) is 65.6 Å². The van der Waals surface area contributed by atoms with Crippen LogP contribution in [0.5, 0.6) is 0 Å². The fourth-order valence-electron chi connectivity index (χ4n) is 4.35. The summed E-state index contributed by atoms with van der Waals surface area (Å²) in [5.74, 6) is 0.309. The molecular weight excluding hydrogens is 402 g/mol. The molecule has 1 saturated carbocycles. The van der Waals surface area contributed by atoms with E-state index >= 15 is 0 Å². The number of hydrogen-bond acceptors (Lipinski definition) is 6. The van der Waals surface area contributed by atoms with Crippen LogP contribution in [0.15, 0.2) is 48.9 Å². The van der Waals surface area contributed by atoms with Gasteiger partial charge in [-0.2, -0.15) is 5.10 Å². The number of aromatic nitrogens is 5. The molecule has 0 aliphatic heterocycles. The van der Waals surface area contributed by atoms with Crippen LogP contribution in [-0.4, -0.2) is 30.6 Å². The highest BCUT2D eigenvalue weighted by Crippen LogP contribution is 2.35. The number of benzene rings is 1. The number of anilines is 1. The van der Waals surface area contributed by atoms with Crippen LogP contribution in [-0.2, 0) is 6.54 Å². The topological polar surface area (TPSA) is 112 Å². The molecule has 162 valence electrons. The number of nitrogens with one attached hydrogen (secondary N) is 1. The lowest BCUT2D eigenvalue weighted by atomic mass is 10.1. The molecule has 4 aromatic rings. The highest BCUT2D eigenvalue weighted by Gasteiger charge is 2.24. The van der Waals surface area contributed by atoms with E-state index in [0.717, 1.165) is 35.0 Å². The number of fused-ring (bicyclic) bond motifs is 1. The Hall–Kier alpha value is -3.81. The van der Waals surface area contributed by atoms with Gasteiger partial charge in [0, 0.05) is 18.3 Å². The van der Waals surface area contributed by atoms with E-state index < -0.39 is 0 Å². The largest absolute Gasteiger partial charge is 0.383 e. The van der Waals surface area contributed by atoms with Gasteiger partial charge >= 0.3 is 0 Å². The number of amides is 1. The number of nitrogens with two attached hydrogens (primary N) is 1. The third-order valence-electron chi connectivity index (χ3n) is 6.10. The second-order valence-electron chi connectivity index (χ2n) is 8.24. The molecule has 0 atom stereocenters. The fourth-order valence-corrected chi connectivity index (χ4v) is 4.35. The predicted molar refractivity (Wildman–Crippen MR) is 123 cm³/mol. The van der Waals surface area contributed by atoms with Crippen molar-refractivity contribution < 1.29 is 4.79 Å². The summed E-state index contributed by atoms with van der Waals surface area (Å²) in [6.45, 7) is 2.32. The molecule has 1 amide bonds. The first kappa shape index (κ1) is 20.1. The van der Waals surface area contributed by atoms with Crippen LogP contribution < -0.4 is 11.1 Å². The Morgan fingerprint density at radius 3 is 2.69 bits per heavy atom. The molecule has 1 aliphatic carbocycles. The van der Waals surface area contributed by atoms with Gasteiger partial charge in [-0.15, -0.1) is 0 Å². The van der Waals surface area contributed by atoms with E-state index in [4.69, 9.17) is 10.8 Å². The number of pyridine rings is 1. The van der Waals surface area contributed by atoms with E-state index in [1.54, 1.807) is 6.20 Å². The second kappa shape index (κ2) is 8.37. The Morgan fingerprint density at radius 1 is 1.12 bits per heavy atom. The number of carbonyl (C=O) groups is 1. The number of aryl methyl sites for hydroxylation is 1. The Balaban J connectivity index is 1.39. The zero-order valence-corrected chi connectivity index (χ0v) is 18.0. The molecule has 1 fully saturated rings. The SMILES string of the molecule is Cc1ccccc1C(=O)NCc1ccc(-c2nn(C3CCCC3)c3ncnc(N)c23)nc1. The average Bonchev–Trinajstić information content (AvgIpc) is 3.47. The standard InChI is InChI=1S/C24H25N7O/c1-15-6-2-5-9-18(15)24(32)27-13-16-10-11-19(26-12-16)21-20-22(25)28-14-29-23(20)31(30-21)17-7-3-4-8-17/h2,5-6,9-12,14,17H,3-4,7-8,13H2,1H3,(H,27,32)(H2,25,28,29). The average molecular weight is 428 g/mol. The van der Waals surface area contributed by atoms with E-state index in [1.165, 1.54) is 19.2 Å². The first-order chi connectivity index (χ1) is 15.6. The van der Waals surface area contributed by atoms with Gasteiger partial charge in [0.2, 0.25) is 0 Å². The minimum Gasteiger partial charge on any atom is -0.383 e. The van der Waals surface area contributed by atoms with Gasteiger partial charge in [0.15, 0.2) is 5.65 Å². The van der Waals surface area contributed by atoms with E-state index in [2.05, 4.69) is 20.3 Å². The molecule has 0 unspecified atom stereocenters. The lowest BCUT2D eigenvalue weighted by Crippen LogP contribution is -2.23. The van der Waals surface area contributed by atoms with Crippen LogP contribution in [0.4, 0.5) is 5.82 Å². The third-order valence-corrected chi connectivity index (χ3v) is 6.10. The van der Waals surface area contributed by atoms with Crippen LogP contribution in [0, 0.1) is 6.92 Å². The summed E-state index contributed by atoms with van der Waals surface area (Å²) in [4.78, 5) is 25.7. The van der Waals surface area contributed by atoms with Gasteiger partial charge in [-0.3, -0.25) is 9.78 Å². The maximum absolute atomic E-state index is 12.5. The summed E-state index contributed by atoms with van der Waals surface area (Å²) < 4.78 is 1.99. The summed E-state index contributed by atoms with van der Waals surface area (Å²) in [6.07, 6.45) is 7.82. The Labute approximate surface area is 185 Å². The summed E-state index contributed by atoms with van der Waals surface area (Å²) >= 11 is 0. The van der Waals surface area contributed by atoms with Crippen molar-refractivity contribution in [2.75, 3.05) is 5.73 Å². The molecule has 1 aromatic carbocycles. The molecule has 8 heteroatoms. The van der Waals surface area contributed by atoms with Crippen molar-refractivity contribution >= 4 is 22.8 Å². The predicted octanol–water partition coefficient (Wildman–Crippen LogP) is 3.82. The van der Waals surface area contributed by atoms with Gasteiger partial charge in [0.25, 0.3) is 5.91 Å². The van der Waals surface area contributed by atoms with E-state index in [-0.39, 0.29) is 5.91 Å². The van der Waals surface area contributed by atoms with Crippen molar-refractivity contribution in [3.63, 3.8) is 0 Å². The van der Waals surface area contributed by atoms with Gasteiger partial charge in [0.1, 0.15) is 17.8 Å². The molecule has 3 heterocycles. The molecular formula is C24H25N7O. The van der Waals surface area contributed by atoms with Crippen LogP contribution in [0.2, 0.25) is 0 Å². The molecule has 1 aliphatic rings. The zero-order valence-electron chi connectivity index (χ0n) is 18.0. The van der Waals surface area contributed by atoms with E-state index in [9.17, 15) is 4.79 Å². The molecule has 3 N–H and O–H groups in total. The second-order valence-corrected chi connectivity index (χ2v) is 8.24. The van der Waals surface area contributed by atoms with Crippen molar-refractivity contribution in [1.82, 2.24) is 30.0 Å². The molecule has 0 bridgehead atoms. The van der Waals surface area contributed by atoms with Crippen molar-refractivity contribution in [3.8, 4) is 11.4 Å². The van der Waals surface area contributed by atoms with Crippen LogP contribution in [0.3, 0.4) is 0 Å². The minimum atomic E-state index is -0.0987. The molecule has 3 aromatic heterocycles. The molecule has 0 saturated heterocycles. The number of rotatable bonds is 5. The zero-order chi connectivity index (χ0) is 22.1. The molecule has 5 rings (SSSR count). The summed E-state index contributed by atoms with van der Waals surface area (Å²) in [5.41, 5.74) is 10.9. The lowest BCUT2D eigenvalue weighted by Gasteiger charge is -2.10. The van der Waals surface area contributed by atoms with E-state index in [1.807, 2.05) is 48.0 Å². The minimum absolute atomic E-state index is 0.0987. The monoisotopic (exact) mass is 427 g/mol. The highest BCUT2D eigenvalue weighted by atomic mass is 16.1. The van der Waals surface area contributed by atoms with Gasteiger partial charge < -0.3 is 11.1 Å². The first-order valence-corrected chi connectivity index (χ1v) is 10.9. The number of carbonyl (C=O) groups excluding carboxylic acids is 1. The number of nitrogens with zero attached hydrogens (tertiary/aromatic N) is 5. The third kappa shape index (κ3) is 3.68. The summed E-state index contributed by atoms with van der Waals surface area (Å²) in [7, 11) is 0. The van der Waals surface area contributed by atoms with Gasteiger partial charge in [-0.25, -0.2) is 14.6 Å². The quantitative estimate of drug-likeness (QED) is 0.501. The normalized spacial score (nSPS) is 14.2. The van der Waals surface area contributed by atoms with Crippen LogP contribution >= 0.6 is 0 Å². The van der Waals surface area contributed by atoms with Crippen molar-refractivity contribution in [2.45, 2.75) is 45.2 Å². The van der Waals surface area contributed by atoms with Gasteiger partial charge in [0.05, 0.1) is 17.1 Å². The first-order valence-electron chi connectivity index (χ1n) is 10.9. The highest BCUT2D eigenvalue weighted by molar-refractivity contribution is 5.97.